The van der Waals surface area contributed by atoms with Crippen molar-refractivity contribution in [1.29, 1.82) is 0 Å². The van der Waals surface area contributed by atoms with Gasteiger partial charge in [-0.3, -0.25) is 9.78 Å². The SMILES string of the molecule is O=C(NCc1ccc2c(c1)OCO2)c1cncc(Nc2ccc(F)cc2F)c1. The number of nitrogens with zero attached hydrogens (tertiary/aromatic N) is 1. The summed E-state index contributed by atoms with van der Waals surface area (Å²) in [5, 5.41) is 5.57. The third kappa shape index (κ3) is 3.85. The number of rotatable bonds is 5. The fraction of sp³-hybridized carbons (Fsp3) is 0.100. The van der Waals surface area contributed by atoms with Gasteiger partial charge < -0.3 is 20.1 Å². The fourth-order valence-electron chi connectivity index (χ4n) is 2.71. The summed E-state index contributed by atoms with van der Waals surface area (Å²) in [6.07, 6.45) is 2.85. The van der Waals surface area contributed by atoms with Crippen molar-refractivity contribution in [3.05, 3.63) is 77.6 Å². The Hall–Kier alpha value is -3.68. The molecule has 0 fully saturated rings. The van der Waals surface area contributed by atoms with Gasteiger partial charge in [-0.25, -0.2) is 8.78 Å². The maximum Gasteiger partial charge on any atom is 0.253 e. The Morgan fingerprint density at radius 2 is 1.89 bits per heavy atom. The number of ether oxygens (including phenoxy) is 2. The van der Waals surface area contributed by atoms with E-state index < -0.39 is 11.6 Å². The average molecular weight is 383 g/mol. The summed E-state index contributed by atoms with van der Waals surface area (Å²) in [4.78, 5) is 16.4. The first-order valence-electron chi connectivity index (χ1n) is 8.42. The molecule has 0 atom stereocenters. The number of nitrogens with one attached hydrogen (secondary N) is 2. The zero-order chi connectivity index (χ0) is 19.5. The number of halogens is 2. The molecule has 1 aliphatic heterocycles. The Balaban J connectivity index is 1.42. The van der Waals surface area contributed by atoms with Gasteiger partial charge in [-0.2, -0.15) is 0 Å². The number of carbonyl (C=O) groups is 1. The molecule has 0 saturated heterocycles. The first-order valence-corrected chi connectivity index (χ1v) is 8.42. The molecular formula is C20H15F2N3O3. The minimum Gasteiger partial charge on any atom is -0.454 e. The lowest BCUT2D eigenvalue weighted by atomic mass is 10.2. The highest BCUT2D eigenvalue weighted by Crippen LogP contribution is 2.32. The van der Waals surface area contributed by atoms with E-state index in [9.17, 15) is 13.6 Å². The first-order chi connectivity index (χ1) is 13.6. The number of benzene rings is 2. The minimum atomic E-state index is -0.738. The van der Waals surface area contributed by atoms with Crippen molar-refractivity contribution >= 4 is 17.3 Å². The summed E-state index contributed by atoms with van der Waals surface area (Å²) in [6, 6.07) is 10.1. The molecule has 1 aromatic heterocycles. The summed E-state index contributed by atoms with van der Waals surface area (Å²) in [5.41, 5.74) is 1.64. The monoisotopic (exact) mass is 383 g/mol. The number of anilines is 2. The maximum absolute atomic E-state index is 13.8. The zero-order valence-electron chi connectivity index (χ0n) is 14.5. The molecule has 0 unspecified atom stereocenters. The van der Waals surface area contributed by atoms with Crippen LogP contribution in [0.1, 0.15) is 15.9 Å². The average Bonchev–Trinajstić information content (AvgIpc) is 3.16. The zero-order valence-corrected chi connectivity index (χ0v) is 14.5. The highest BCUT2D eigenvalue weighted by molar-refractivity contribution is 5.94. The molecule has 0 bridgehead atoms. The van der Waals surface area contributed by atoms with Crippen LogP contribution in [0.25, 0.3) is 0 Å². The van der Waals surface area contributed by atoms with Crippen molar-refractivity contribution in [3.8, 4) is 11.5 Å². The number of hydrogen-bond donors (Lipinski definition) is 2. The Morgan fingerprint density at radius 3 is 2.75 bits per heavy atom. The summed E-state index contributed by atoms with van der Waals surface area (Å²) in [5.74, 6) is -0.434. The molecule has 0 saturated carbocycles. The van der Waals surface area contributed by atoms with Gasteiger partial charge in [0.15, 0.2) is 11.5 Å². The molecule has 28 heavy (non-hydrogen) atoms. The van der Waals surface area contributed by atoms with Crippen LogP contribution in [-0.4, -0.2) is 17.7 Å². The lowest BCUT2D eigenvalue weighted by Gasteiger charge is -2.10. The predicted molar refractivity (Wildman–Crippen MR) is 97.6 cm³/mol. The number of pyridine rings is 1. The van der Waals surface area contributed by atoms with Crippen molar-refractivity contribution in [2.45, 2.75) is 6.54 Å². The maximum atomic E-state index is 13.8. The van der Waals surface area contributed by atoms with Crippen molar-refractivity contribution in [2.75, 3.05) is 12.1 Å². The molecule has 6 nitrogen and oxygen atoms in total. The first kappa shape index (κ1) is 17.7. The number of hydrogen-bond acceptors (Lipinski definition) is 5. The van der Waals surface area contributed by atoms with Gasteiger partial charge in [-0.1, -0.05) is 6.07 Å². The van der Waals surface area contributed by atoms with E-state index in [0.717, 1.165) is 17.7 Å². The van der Waals surface area contributed by atoms with Gasteiger partial charge in [0.25, 0.3) is 5.91 Å². The van der Waals surface area contributed by atoms with Crippen LogP contribution in [0.3, 0.4) is 0 Å². The van der Waals surface area contributed by atoms with E-state index in [0.29, 0.717) is 29.3 Å². The number of amides is 1. The largest absolute Gasteiger partial charge is 0.454 e. The van der Waals surface area contributed by atoms with Crippen LogP contribution in [0.15, 0.2) is 54.9 Å². The van der Waals surface area contributed by atoms with Gasteiger partial charge >= 0.3 is 0 Å². The van der Waals surface area contributed by atoms with Gasteiger partial charge in [-0.05, 0) is 35.9 Å². The van der Waals surface area contributed by atoms with Crippen LogP contribution in [0, 0.1) is 11.6 Å². The normalized spacial score (nSPS) is 11.9. The van der Waals surface area contributed by atoms with Crippen molar-refractivity contribution in [1.82, 2.24) is 10.3 Å². The van der Waals surface area contributed by atoms with Gasteiger partial charge in [0.05, 0.1) is 23.1 Å². The van der Waals surface area contributed by atoms with E-state index in [1.165, 1.54) is 24.5 Å². The molecule has 3 aromatic rings. The molecule has 2 aromatic carbocycles. The van der Waals surface area contributed by atoms with Crippen molar-refractivity contribution < 1.29 is 23.0 Å². The topological polar surface area (TPSA) is 72.5 Å². The second-order valence-electron chi connectivity index (χ2n) is 6.08. The van der Waals surface area contributed by atoms with Crippen molar-refractivity contribution in [3.63, 3.8) is 0 Å². The summed E-state index contributed by atoms with van der Waals surface area (Å²) < 4.78 is 37.3. The molecular weight excluding hydrogens is 368 g/mol. The van der Waals surface area contributed by atoms with Crippen LogP contribution in [0.4, 0.5) is 20.2 Å². The summed E-state index contributed by atoms with van der Waals surface area (Å²) in [6.45, 7) is 0.477. The molecule has 1 amide bonds. The van der Waals surface area contributed by atoms with E-state index in [-0.39, 0.29) is 18.4 Å². The fourth-order valence-corrected chi connectivity index (χ4v) is 2.71. The van der Waals surface area contributed by atoms with Crippen LogP contribution in [0.2, 0.25) is 0 Å². The third-order valence-corrected chi connectivity index (χ3v) is 4.10. The van der Waals surface area contributed by atoms with Crippen molar-refractivity contribution in [2.24, 2.45) is 0 Å². The quantitative estimate of drug-likeness (QED) is 0.702. The molecule has 1 aliphatic rings. The molecule has 2 N–H and O–H groups in total. The van der Waals surface area contributed by atoms with E-state index in [2.05, 4.69) is 15.6 Å². The Morgan fingerprint density at radius 1 is 1.04 bits per heavy atom. The number of fused-ring (bicyclic) bond motifs is 1. The second-order valence-corrected chi connectivity index (χ2v) is 6.08. The molecule has 8 heteroatoms. The summed E-state index contributed by atoms with van der Waals surface area (Å²) in [7, 11) is 0. The lowest BCUT2D eigenvalue weighted by Crippen LogP contribution is -2.23. The Kier molecular flexibility index (Phi) is 4.76. The molecule has 0 radical (unpaired) electrons. The Labute approximate surface area is 159 Å². The highest BCUT2D eigenvalue weighted by atomic mass is 19.1. The smallest absolute Gasteiger partial charge is 0.253 e. The standard InChI is InChI=1S/C20H15F2N3O3/c21-14-2-3-17(16(22)7-14)25-15-6-13(9-23-10-15)20(26)24-8-12-1-4-18-19(5-12)28-11-27-18/h1-7,9-10,25H,8,11H2,(H,24,26). The highest BCUT2D eigenvalue weighted by Gasteiger charge is 2.14. The van der Waals surface area contributed by atoms with E-state index in [1.807, 2.05) is 6.07 Å². The molecule has 0 spiro atoms. The van der Waals surface area contributed by atoms with Gasteiger partial charge in [0, 0.05) is 18.8 Å². The summed E-state index contributed by atoms with van der Waals surface area (Å²) >= 11 is 0. The predicted octanol–water partition coefficient (Wildman–Crippen LogP) is 3.76. The van der Waals surface area contributed by atoms with Gasteiger partial charge in [-0.15, -0.1) is 0 Å². The minimum absolute atomic E-state index is 0.0844. The lowest BCUT2D eigenvalue weighted by molar-refractivity contribution is 0.0950. The van der Waals surface area contributed by atoms with E-state index >= 15 is 0 Å². The van der Waals surface area contributed by atoms with E-state index in [4.69, 9.17) is 9.47 Å². The second kappa shape index (κ2) is 7.51. The number of carbonyl (C=O) groups excluding carboxylic acids is 1. The molecule has 2 heterocycles. The van der Waals surface area contributed by atoms with Crippen LogP contribution < -0.4 is 20.1 Å². The van der Waals surface area contributed by atoms with Gasteiger partial charge in [0.2, 0.25) is 6.79 Å². The molecule has 4 rings (SSSR count). The van der Waals surface area contributed by atoms with Crippen LogP contribution in [-0.2, 0) is 6.54 Å². The van der Waals surface area contributed by atoms with Crippen LogP contribution in [0.5, 0.6) is 11.5 Å². The van der Waals surface area contributed by atoms with Crippen LogP contribution >= 0.6 is 0 Å². The third-order valence-electron chi connectivity index (χ3n) is 4.10. The van der Waals surface area contributed by atoms with Gasteiger partial charge in [0.1, 0.15) is 11.6 Å². The molecule has 142 valence electrons. The molecule has 0 aliphatic carbocycles. The Bertz CT molecular complexity index is 1040. The van der Waals surface area contributed by atoms with E-state index in [1.54, 1.807) is 12.1 Å². The number of aromatic nitrogens is 1.